The Balaban J connectivity index is 2.14. The van der Waals surface area contributed by atoms with Crippen LogP contribution in [0.2, 0.25) is 0 Å². The number of phenols is 1. The molecular formula is C15H22N2O3. The standard InChI is InChI=1S/C15H22N2O3/c1-14(2,3)20-13(19)17-10-5-6-12(18)11(9-10)15(16)7-4-8-15/h5-6,9,18H,4,7-8,16H2,1-3H3,(H,17,19). The maximum atomic E-state index is 11.7. The lowest BCUT2D eigenvalue weighted by Crippen LogP contribution is -2.43. The normalized spacial score (nSPS) is 17.2. The molecule has 0 aliphatic heterocycles. The predicted octanol–water partition coefficient (Wildman–Crippen LogP) is 3.08. The van der Waals surface area contributed by atoms with Crippen molar-refractivity contribution in [3.63, 3.8) is 0 Å². The van der Waals surface area contributed by atoms with Crippen molar-refractivity contribution in [2.75, 3.05) is 5.32 Å². The van der Waals surface area contributed by atoms with Gasteiger partial charge in [-0.1, -0.05) is 0 Å². The minimum Gasteiger partial charge on any atom is -0.508 e. The molecule has 110 valence electrons. The van der Waals surface area contributed by atoms with Crippen molar-refractivity contribution >= 4 is 11.8 Å². The van der Waals surface area contributed by atoms with Gasteiger partial charge >= 0.3 is 6.09 Å². The Morgan fingerprint density at radius 1 is 1.40 bits per heavy atom. The van der Waals surface area contributed by atoms with Crippen LogP contribution in [-0.2, 0) is 10.3 Å². The van der Waals surface area contributed by atoms with E-state index in [-0.39, 0.29) is 5.75 Å². The molecule has 20 heavy (non-hydrogen) atoms. The molecule has 0 atom stereocenters. The minimum absolute atomic E-state index is 0.168. The molecule has 0 unspecified atom stereocenters. The van der Waals surface area contributed by atoms with Gasteiger partial charge in [0, 0.05) is 16.8 Å². The van der Waals surface area contributed by atoms with Gasteiger partial charge in [0.05, 0.1) is 0 Å². The summed E-state index contributed by atoms with van der Waals surface area (Å²) in [6.45, 7) is 5.41. The van der Waals surface area contributed by atoms with Gasteiger partial charge < -0.3 is 15.6 Å². The first-order chi connectivity index (χ1) is 9.20. The zero-order valence-electron chi connectivity index (χ0n) is 12.2. The lowest BCUT2D eigenvalue weighted by atomic mass is 9.72. The van der Waals surface area contributed by atoms with Crippen molar-refractivity contribution in [1.29, 1.82) is 0 Å². The molecular weight excluding hydrogens is 256 g/mol. The predicted molar refractivity (Wildman–Crippen MR) is 77.7 cm³/mol. The fraction of sp³-hybridized carbons (Fsp3) is 0.533. The van der Waals surface area contributed by atoms with E-state index in [2.05, 4.69) is 5.32 Å². The molecule has 0 heterocycles. The second-order valence-electron chi connectivity index (χ2n) is 6.37. The Labute approximate surface area is 119 Å². The Bertz CT molecular complexity index is 516. The van der Waals surface area contributed by atoms with Crippen molar-refractivity contribution in [2.24, 2.45) is 5.73 Å². The summed E-state index contributed by atoms with van der Waals surface area (Å²) in [5, 5.41) is 12.6. The quantitative estimate of drug-likeness (QED) is 0.726. The molecule has 1 aliphatic carbocycles. The molecule has 1 aromatic rings. The number of ether oxygens (including phenoxy) is 1. The highest BCUT2D eigenvalue weighted by Crippen LogP contribution is 2.43. The number of hydrogen-bond acceptors (Lipinski definition) is 4. The Kier molecular flexibility index (Phi) is 3.65. The topological polar surface area (TPSA) is 84.6 Å². The van der Waals surface area contributed by atoms with E-state index in [9.17, 15) is 9.90 Å². The van der Waals surface area contributed by atoms with Crippen LogP contribution >= 0.6 is 0 Å². The van der Waals surface area contributed by atoms with Gasteiger partial charge in [-0.3, -0.25) is 5.32 Å². The minimum atomic E-state index is -0.549. The largest absolute Gasteiger partial charge is 0.508 e. The molecule has 0 radical (unpaired) electrons. The number of nitrogens with one attached hydrogen (secondary N) is 1. The van der Waals surface area contributed by atoms with Crippen LogP contribution in [0.15, 0.2) is 18.2 Å². The summed E-state index contributed by atoms with van der Waals surface area (Å²) in [6, 6.07) is 4.90. The average Bonchev–Trinajstić information content (AvgIpc) is 2.26. The highest BCUT2D eigenvalue weighted by atomic mass is 16.6. The van der Waals surface area contributed by atoms with E-state index in [1.54, 1.807) is 39.0 Å². The van der Waals surface area contributed by atoms with E-state index < -0.39 is 17.2 Å². The lowest BCUT2D eigenvalue weighted by molar-refractivity contribution is 0.0636. The monoisotopic (exact) mass is 278 g/mol. The van der Waals surface area contributed by atoms with Gasteiger partial charge in [0.25, 0.3) is 0 Å². The number of amides is 1. The Morgan fingerprint density at radius 3 is 2.55 bits per heavy atom. The SMILES string of the molecule is CC(C)(C)OC(=O)Nc1ccc(O)c(C2(N)CCC2)c1. The summed E-state index contributed by atoms with van der Waals surface area (Å²) in [7, 11) is 0. The number of carbonyl (C=O) groups is 1. The fourth-order valence-corrected chi connectivity index (χ4v) is 2.26. The summed E-state index contributed by atoms with van der Waals surface area (Å²) >= 11 is 0. The van der Waals surface area contributed by atoms with Gasteiger partial charge in [-0.15, -0.1) is 0 Å². The smallest absolute Gasteiger partial charge is 0.412 e. The molecule has 0 saturated heterocycles. The summed E-state index contributed by atoms with van der Waals surface area (Å²) in [5.41, 5.74) is 6.45. The van der Waals surface area contributed by atoms with Gasteiger partial charge in [-0.25, -0.2) is 4.79 Å². The molecule has 0 aromatic heterocycles. The summed E-state index contributed by atoms with van der Waals surface area (Å²) in [4.78, 5) is 11.7. The van der Waals surface area contributed by atoms with E-state index in [1.165, 1.54) is 0 Å². The molecule has 1 fully saturated rings. The van der Waals surface area contributed by atoms with Crippen molar-refractivity contribution in [3.05, 3.63) is 23.8 Å². The summed E-state index contributed by atoms with van der Waals surface area (Å²) in [5.74, 6) is 0.168. The van der Waals surface area contributed by atoms with E-state index in [4.69, 9.17) is 10.5 Å². The number of anilines is 1. The van der Waals surface area contributed by atoms with E-state index in [0.29, 0.717) is 11.3 Å². The first-order valence-electron chi connectivity index (χ1n) is 6.82. The van der Waals surface area contributed by atoms with Crippen LogP contribution < -0.4 is 11.1 Å². The van der Waals surface area contributed by atoms with E-state index >= 15 is 0 Å². The third-order valence-electron chi connectivity index (χ3n) is 3.42. The van der Waals surface area contributed by atoms with Crippen LogP contribution in [0.1, 0.15) is 45.6 Å². The molecule has 1 aromatic carbocycles. The third-order valence-corrected chi connectivity index (χ3v) is 3.42. The second kappa shape index (κ2) is 4.98. The zero-order valence-corrected chi connectivity index (χ0v) is 12.2. The van der Waals surface area contributed by atoms with Gasteiger partial charge in [0.1, 0.15) is 11.4 Å². The molecule has 0 bridgehead atoms. The van der Waals surface area contributed by atoms with Gasteiger partial charge in [-0.2, -0.15) is 0 Å². The first kappa shape index (κ1) is 14.7. The van der Waals surface area contributed by atoms with Crippen LogP contribution in [0.5, 0.6) is 5.75 Å². The highest BCUT2D eigenvalue weighted by Gasteiger charge is 2.36. The molecule has 1 saturated carbocycles. The molecule has 1 aliphatic rings. The third kappa shape index (κ3) is 3.22. The maximum absolute atomic E-state index is 11.7. The molecule has 0 spiro atoms. The maximum Gasteiger partial charge on any atom is 0.412 e. The molecule has 4 N–H and O–H groups in total. The van der Waals surface area contributed by atoms with Crippen LogP contribution in [0.4, 0.5) is 10.5 Å². The number of rotatable bonds is 2. The van der Waals surface area contributed by atoms with Crippen molar-refractivity contribution in [1.82, 2.24) is 0 Å². The van der Waals surface area contributed by atoms with Crippen LogP contribution in [0, 0.1) is 0 Å². The fourth-order valence-electron chi connectivity index (χ4n) is 2.26. The zero-order chi connectivity index (χ0) is 15.0. The first-order valence-corrected chi connectivity index (χ1v) is 6.82. The average molecular weight is 278 g/mol. The number of phenolic OH excluding ortho intramolecular Hbond substituents is 1. The number of aromatic hydroxyl groups is 1. The molecule has 5 nitrogen and oxygen atoms in total. The number of benzene rings is 1. The van der Waals surface area contributed by atoms with Gasteiger partial charge in [0.15, 0.2) is 0 Å². The Morgan fingerprint density at radius 2 is 2.05 bits per heavy atom. The Hall–Kier alpha value is -1.75. The van der Waals surface area contributed by atoms with E-state index in [1.807, 2.05) is 0 Å². The molecule has 2 rings (SSSR count). The summed E-state index contributed by atoms with van der Waals surface area (Å²) in [6.07, 6.45) is 2.22. The number of carbonyl (C=O) groups excluding carboxylic acids is 1. The van der Waals surface area contributed by atoms with Gasteiger partial charge in [-0.05, 0) is 58.2 Å². The van der Waals surface area contributed by atoms with Crippen LogP contribution in [-0.4, -0.2) is 16.8 Å². The molecule has 5 heteroatoms. The van der Waals surface area contributed by atoms with Crippen LogP contribution in [0.25, 0.3) is 0 Å². The number of nitrogens with two attached hydrogens (primary N) is 1. The molecule has 1 amide bonds. The number of hydrogen-bond donors (Lipinski definition) is 3. The highest BCUT2D eigenvalue weighted by molar-refractivity contribution is 5.85. The van der Waals surface area contributed by atoms with Crippen molar-refractivity contribution in [3.8, 4) is 5.75 Å². The summed E-state index contributed by atoms with van der Waals surface area (Å²) < 4.78 is 5.19. The van der Waals surface area contributed by atoms with Crippen LogP contribution in [0.3, 0.4) is 0 Å². The van der Waals surface area contributed by atoms with E-state index in [0.717, 1.165) is 19.3 Å². The van der Waals surface area contributed by atoms with Crippen molar-refractivity contribution in [2.45, 2.75) is 51.2 Å². The lowest BCUT2D eigenvalue weighted by Gasteiger charge is -2.39. The van der Waals surface area contributed by atoms with Crippen molar-refractivity contribution < 1.29 is 14.6 Å². The van der Waals surface area contributed by atoms with Gasteiger partial charge in [0.2, 0.25) is 0 Å². The second-order valence-corrected chi connectivity index (χ2v) is 6.37.